The third-order valence-electron chi connectivity index (χ3n) is 2.48. The number of halogens is 3. The van der Waals surface area contributed by atoms with Gasteiger partial charge in [-0.05, 0) is 24.1 Å². The Labute approximate surface area is 120 Å². The normalized spacial score (nSPS) is 11.1. The van der Waals surface area contributed by atoms with E-state index in [4.69, 9.17) is 10.00 Å². The Bertz CT molecular complexity index is 548. The minimum absolute atomic E-state index is 0.126. The molecule has 4 nitrogen and oxygen atoms in total. The summed E-state index contributed by atoms with van der Waals surface area (Å²) >= 11 is 0. The summed E-state index contributed by atoms with van der Waals surface area (Å²) < 4.78 is 43.5. The number of benzene rings is 1. The molecule has 0 unspecified atom stereocenters. The third kappa shape index (κ3) is 5.34. The second-order valence-electron chi connectivity index (χ2n) is 4.81. The van der Waals surface area contributed by atoms with Crippen molar-refractivity contribution in [2.75, 3.05) is 13.2 Å². The van der Waals surface area contributed by atoms with E-state index in [1.165, 1.54) is 6.07 Å². The van der Waals surface area contributed by atoms with Gasteiger partial charge in [0, 0.05) is 6.54 Å². The molecule has 114 valence electrons. The average Bonchev–Trinajstić information content (AvgIpc) is 2.41. The summed E-state index contributed by atoms with van der Waals surface area (Å²) in [4.78, 5) is 11.4. The molecule has 1 amide bonds. The topological polar surface area (TPSA) is 62.1 Å². The highest BCUT2D eigenvalue weighted by Gasteiger charge is 2.34. The third-order valence-corrected chi connectivity index (χ3v) is 2.48. The van der Waals surface area contributed by atoms with Crippen LogP contribution in [0.2, 0.25) is 0 Å². The molecular formula is C14H15F3N2O2. The number of ether oxygens (including phenoxy) is 1. The van der Waals surface area contributed by atoms with Crippen LogP contribution in [0.1, 0.15) is 25.0 Å². The van der Waals surface area contributed by atoms with Gasteiger partial charge in [0.25, 0.3) is 5.91 Å². The van der Waals surface area contributed by atoms with E-state index < -0.39 is 30.0 Å². The number of carbonyl (C=O) groups excluding carboxylic acids is 1. The zero-order valence-electron chi connectivity index (χ0n) is 11.6. The van der Waals surface area contributed by atoms with Gasteiger partial charge in [0.2, 0.25) is 0 Å². The Morgan fingerprint density at radius 2 is 2.10 bits per heavy atom. The first-order valence-electron chi connectivity index (χ1n) is 6.25. The van der Waals surface area contributed by atoms with E-state index in [0.717, 1.165) is 6.07 Å². The number of nitriles is 1. The van der Waals surface area contributed by atoms with Crippen LogP contribution >= 0.6 is 0 Å². The summed E-state index contributed by atoms with van der Waals surface area (Å²) in [6, 6.07) is 4.57. The van der Waals surface area contributed by atoms with Gasteiger partial charge < -0.3 is 10.1 Å². The van der Waals surface area contributed by atoms with E-state index in [9.17, 15) is 18.0 Å². The standard InChI is InChI=1S/C14H15F3N2O2/c1-9(2)7-19-13(20)8-21-12-4-3-10(6-18)5-11(12)14(15,16)17/h3-5,9H,7-8H2,1-2H3,(H,19,20). The zero-order chi connectivity index (χ0) is 16.0. The quantitative estimate of drug-likeness (QED) is 0.909. The van der Waals surface area contributed by atoms with Crippen molar-refractivity contribution < 1.29 is 22.7 Å². The molecule has 0 heterocycles. The summed E-state index contributed by atoms with van der Waals surface area (Å²) in [5.41, 5.74) is -1.20. The van der Waals surface area contributed by atoms with Gasteiger partial charge in [-0.15, -0.1) is 0 Å². The van der Waals surface area contributed by atoms with Gasteiger partial charge in [0.05, 0.1) is 17.2 Å². The second kappa shape index (κ2) is 6.97. The summed E-state index contributed by atoms with van der Waals surface area (Å²) in [6.45, 7) is 3.69. The molecule has 0 saturated heterocycles. The molecule has 0 aliphatic rings. The van der Waals surface area contributed by atoms with E-state index in [1.807, 2.05) is 13.8 Å². The van der Waals surface area contributed by atoms with E-state index in [0.29, 0.717) is 12.6 Å². The second-order valence-corrected chi connectivity index (χ2v) is 4.81. The molecule has 0 atom stereocenters. The number of alkyl halides is 3. The lowest BCUT2D eigenvalue weighted by Crippen LogP contribution is -2.32. The van der Waals surface area contributed by atoms with Gasteiger partial charge in [-0.2, -0.15) is 18.4 Å². The minimum Gasteiger partial charge on any atom is -0.483 e. The van der Waals surface area contributed by atoms with Crippen LogP contribution in [0, 0.1) is 17.2 Å². The lowest BCUT2D eigenvalue weighted by Gasteiger charge is -2.14. The van der Waals surface area contributed by atoms with Gasteiger partial charge >= 0.3 is 6.18 Å². The molecule has 7 heteroatoms. The predicted molar refractivity (Wildman–Crippen MR) is 69.5 cm³/mol. The van der Waals surface area contributed by atoms with Crippen LogP contribution in [0.25, 0.3) is 0 Å². The zero-order valence-corrected chi connectivity index (χ0v) is 11.6. The van der Waals surface area contributed by atoms with Crippen LogP contribution in [-0.2, 0) is 11.0 Å². The summed E-state index contributed by atoms with van der Waals surface area (Å²) in [5, 5.41) is 11.2. The highest BCUT2D eigenvalue weighted by atomic mass is 19.4. The largest absolute Gasteiger partial charge is 0.483 e. The van der Waals surface area contributed by atoms with Crippen LogP contribution in [0.4, 0.5) is 13.2 Å². The first-order chi connectivity index (χ1) is 9.74. The molecule has 1 aromatic carbocycles. The van der Waals surface area contributed by atoms with Gasteiger partial charge in [-0.25, -0.2) is 0 Å². The number of hydrogen-bond acceptors (Lipinski definition) is 3. The van der Waals surface area contributed by atoms with E-state index in [1.54, 1.807) is 6.07 Å². The number of amides is 1. The van der Waals surface area contributed by atoms with Crippen LogP contribution < -0.4 is 10.1 Å². The Balaban J connectivity index is 2.80. The molecule has 21 heavy (non-hydrogen) atoms. The van der Waals surface area contributed by atoms with Crippen molar-refractivity contribution in [2.45, 2.75) is 20.0 Å². The lowest BCUT2D eigenvalue weighted by atomic mass is 10.1. The highest BCUT2D eigenvalue weighted by molar-refractivity contribution is 5.77. The number of nitrogens with zero attached hydrogens (tertiary/aromatic N) is 1. The van der Waals surface area contributed by atoms with Crippen molar-refractivity contribution in [2.24, 2.45) is 5.92 Å². The molecule has 0 saturated carbocycles. The average molecular weight is 300 g/mol. The Morgan fingerprint density at radius 3 is 2.62 bits per heavy atom. The van der Waals surface area contributed by atoms with E-state index in [2.05, 4.69) is 5.32 Å². The number of carbonyl (C=O) groups is 1. The Morgan fingerprint density at radius 1 is 1.43 bits per heavy atom. The molecule has 0 spiro atoms. The molecule has 0 bridgehead atoms. The monoisotopic (exact) mass is 300 g/mol. The molecule has 0 radical (unpaired) electrons. The van der Waals surface area contributed by atoms with E-state index in [-0.39, 0.29) is 11.5 Å². The van der Waals surface area contributed by atoms with Gasteiger partial charge in [0.15, 0.2) is 6.61 Å². The first-order valence-corrected chi connectivity index (χ1v) is 6.25. The van der Waals surface area contributed by atoms with Crippen molar-refractivity contribution in [1.82, 2.24) is 5.32 Å². The van der Waals surface area contributed by atoms with Gasteiger partial charge in [-0.3, -0.25) is 4.79 Å². The summed E-state index contributed by atoms with van der Waals surface area (Å²) in [5.74, 6) is -0.739. The molecule has 1 aromatic rings. The van der Waals surface area contributed by atoms with Crippen LogP contribution in [0.5, 0.6) is 5.75 Å². The van der Waals surface area contributed by atoms with Crippen molar-refractivity contribution in [3.8, 4) is 11.8 Å². The fourth-order valence-corrected chi connectivity index (χ4v) is 1.46. The highest BCUT2D eigenvalue weighted by Crippen LogP contribution is 2.36. The van der Waals surface area contributed by atoms with Gasteiger partial charge in [-0.1, -0.05) is 13.8 Å². The number of rotatable bonds is 5. The fourth-order valence-electron chi connectivity index (χ4n) is 1.46. The minimum atomic E-state index is -4.66. The van der Waals surface area contributed by atoms with Crippen LogP contribution in [0.15, 0.2) is 18.2 Å². The van der Waals surface area contributed by atoms with Crippen LogP contribution in [-0.4, -0.2) is 19.1 Å². The number of nitrogens with one attached hydrogen (secondary N) is 1. The Kier molecular flexibility index (Phi) is 5.59. The predicted octanol–water partition coefficient (Wildman–Crippen LogP) is 2.73. The van der Waals surface area contributed by atoms with Crippen molar-refractivity contribution in [1.29, 1.82) is 5.26 Å². The molecular weight excluding hydrogens is 285 g/mol. The molecule has 1 rings (SSSR count). The van der Waals surface area contributed by atoms with E-state index >= 15 is 0 Å². The summed E-state index contributed by atoms with van der Waals surface area (Å²) in [6.07, 6.45) is -4.66. The molecule has 0 aliphatic heterocycles. The van der Waals surface area contributed by atoms with Crippen LogP contribution in [0.3, 0.4) is 0 Å². The smallest absolute Gasteiger partial charge is 0.420 e. The maximum Gasteiger partial charge on any atom is 0.420 e. The maximum absolute atomic E-state index is 12.9. The lowest BCUT2D eigenvalue weighted by molar-refractivity contribution is -0.139. The molecule has 0 aliphatic carbocycles. The SMILES string of the molecule is CC(C)CNC(=O)COc1ccc(C#N)cc1C(F)(F)F. The first kappa shape index (κ1) is 16.8. The molecule has 0 fully saturated rings. The summed E-state index contributed by atoms with van der Waals surface area (Å²) in [7, 11) is 0. The molecule has 1 N–H and O–H groups in total. The Hall–Kier alpha value is -2.23. The van der Waals surface area contributed by atoms with Crippen molar-refractivity contribution >= 4 is 5.91 Å². The van der Waals surface area contributed by atoms with Crippen molar-refractivity contribution in [3.63, 3.8) is 0 Å². The number of hydrogen-bond donors (Lipinski definition) is 1. The van der Waals surface area contributed by atoms with Crippen molar-refractivity contribution in [3.05, 3.63) is 29.3 Å². The van der Waals surface area contributed by atoms with Gasteiger partial charge in [0.1, 0.15) is 5.75 Å². The maximum atomic E-state index is 12.9. The molecule has 0 aromatic heterocycles. The fraction of sp³-hybridized carbons (Fsp3) is 0.429.